The minimum atomic E-state index is -4.19. The molecule has 65 heavy (non-hydrogen) atoms. The van der Waals surface area contributed by atoms with Crippen LogP contribution in [0.4, 0.5) is 36.2 Å². The van der Waals surface area contributed by atoms with Crippen LogP contribution in [-0.4, -0.2) is 119 Å². The number of aliphatic hydroxyl groups is 1. The summed E-state index contributed by atoms with van der Waals surface area (Å²) in [6, 6.07) is 7.23. The fourth-order valence-corrected chi connectivity index (χ4v) is 9.14. The molecule has 0 radical (unpaired) electrons. The lowest BCUT2D eigenvalue weighted by molar-refractivity contribution is -0.138. The molecule has 8 rings (SSSR count). The van der Waals surface area contributed by atoms with Crippen LogP contribution in [0.15, 0.2) is 61.2 Å². The van der Waals surface area contributed by atoms with Crippen molar-refractivity contribution < 1.29 is 45.9 Å². The van der Waals surface area contributed by atoms with E-state index in [-0.39, 0.29) is 60.6 Å². The SMILES string of the molecule is CCCNS(=O)(=O)Nc1ccc(F)c(C(=O)c2c[nH]c3ncc(-c4cnc(N5CCN(C(=O)CC6(O)CCN(c7ccc(N[C@@H]8CCC(=O)NC8=O)cc7F)CC6)CC5)nc4)cc23)c1F. The lowest BCUT2D eigenvalue weighted by Crippen LogP contribution is -2.52. The van der Waals surface area contributed by atoms with Crippen LogP contribution in [0.1, 0.15) is 61.4 Å². The molecule has 342 valence electrons. The zero-order chi connectivity index (χ0) is 46.0. The number of hydrogen-bond acceptors (Lipinski definition) is 13. The quantitative estimate of drug-likeness (QED) is 0.0691. The highest BCUT2D eigenvalue weighted by molar-refractivity contribution is 7.90. The molecule has 0 bridgehead atoms. The van der Waals surface area contributed by atoms with E-state index in [0.717, 1.165) is 12.1 Å². The predicted octanol–water partition coefficient (Wildman–Crippen LogP) is 3.61. The van der Waals surface area contributed by atoms with E-state index in [1.807, 2.05) is 14.5 Å². The average molecular weight is 918 g/mol. The Morgan fingerprint density at radius 3 is 2.32 bits per heavy atom. The molecule has 0 aliphatic carbocycles. The van der Waals surface area contributed by atoms with Crippen LogP contribution < -0.4 is 29.9 Å². The number of imide groups is 1. The van der Waals surface area contributed by atoms with Gasteiger partial charge in [-0.2, -0.15) is 13.1 Å². The van der Waals surface area contributed by atoms with Crippen LogP contribution in [0, 0.1) is 17.5 Å². The standard InChI is InChI=1S/C43H46F3N11O7S/c1-2-11-51-65(63,64)54-32-5-4-30(44)37(38(32)46)39(60)29-24-48-40-28(29)18-25(21-47-40)26-22-49-42(50-23-26)57-16-14-56(15-17-57)36(59)20-43(62)9-12-55(13-10-43)34-7-3-27(19-31(34)45)52-33-6-8-35(58)53-41(33)61/h3-5,7,18-19,21-24,33,51-52,54,62H,2,6,8-17,20H2,1H3,(H,47,48)(H,53,58,61)/t33-/m1/s1. The largest absolute Gasteiger partial charge is 0.389 e. The monoisotopic (exact) mass is 917 g/mol. The van der Waals surface area contributed by atoms with Crippen LogP contribution in [0.2, 0.25) is 0 Å². The second kappa shape index (κ2) is 18.4. The molecule has 0 unspecified atom stereocenters. The van der Waals surface area contributed by atoms with E-state index in [1.54, 1.807) is 42.4 Å². The number of ketones is 1. The number of nitrogens with one attached hydrogen (secondary N) is 5. The van der Waals surface area contributed by atoms with E-state index >= 15 is 13.2 Å². The first-order chi connectivity index (χ1) is 31.1. The van der Waals surface area contributed by atoms with Gasteiger partial charge >= 0.3 is 0 Å². The van der Waals surface area contributed by atoms with Crippen LogP contribution >= 0.6 is 0 Å². The van der Waals surface area contributed by atoms with Gasteiger partial charge < -0.3 is 30.1 Å². The maximum atomic E-state index is 15.6. The Morgan fingerprint density at radius 2 is 1.63 bits per heavy atom. The first-order valence-corrected chi connectivity index (χ1v) is 22.6. The Labute approximate surface area is 371 Å². The normalized spacial score (nSPS) is 17.9. The summed E-state index contributed by atoms with van der Waals surface area (Å²) in [6.07, 6.45) is 7.35. The molecule has 3 aliphatic heterocycles. The number of aromatic amines is 1. The molecule has 2 aromatic carbocycles. The molecule has 6 heterocycles. The molecule has 0 saturated carbocycles. The molecular formula is C43H46F3N11O7S. The van der Waals surface area contributed by atoms with Gasteiger partial charge in [0.05, 0.1) is 29.0 Å². The van der Waals surface area contributed by atoms with Crippen LogP contribution in [-0.2, 0) is 24.6 Å². The Balaban J connectivity index is 0.848. The van der Waals surface area contributed by atoms with Crippen molar-refractivity contribution in [2.75, 3.05) is 65.7 Å². The topological polar surface area (TPSA) is 235 Å². The van der Waals surface area contributed by atoms with Crippen LogP contribution in [0.3, 0.4) is 0 Å². The smallest absolute Gasteiger partial charge is 0.299 e. The number of H-pyrrole nitrogens is 1. The number of amides is 3. The third kappa shape index (κ3) is 9.88. The molecule has 5 aromatic rings. The van der Waals surface area contributed by atoms with Gasteiger partial charge in [0.2, 0.25) is 29.5 Å². The maximum Gasteiger partial charge on any atom is 0.299 e. The highest BCUT2D eigenvalue weighted by Gasteiger charge is 2.37. The molecule has 3 fully saturated rings. The van der Waals surface area contributed by atoms with Crippen molar-refractivity contribution >= 4 is 67.8 Å². The number of fused-ring (bicyclic) bond motifs is 1. The van der Waals surface area contributed by atoms with Crippen LogP contribution in [0.5, 0.6) is 0 Å². The van der Waals surface area contributed by atoms with Gasteiger partial charge in [-0.25, -0.2) is 28.1 Å². The van der Waals surface area contributed by atoms with E-state index < -0.39 is 62.2 Å². The highest BCUT2D eigenvalue weighted by Crippen LogP contribution is 2.33. The van der Waals surface area contributed by atoms with Gasteiger partial charge in [0, 0.05) is 105 Å². The number of hydrogen-bond donors (Lipinski definition) is 6. The number of nitrogens with zero attached hydrogens (tertiary/aromatic N) is 6. The first kappa shape index (κ1) is 44.9. The number of carbonyl (C=O) groups is 4. The lowest BCUT2D eigenvalue weighted by atomic mass is 9.87. The van der Waals surface area contributed by atoms with Gasteiger partial charge in [0.15, 0.2) is 5.82 Å². The molecule has 22 heteroatoms. The molecule has 3 aromatic heterocycles. The summed E-state index contributed by atoms with van der Waals surface area (Å²) in [5.74, 6) is -4.65. The summed E-state index contributed by atoms with van der Waals surface area (Å²) in [6.45, 7) is 4.08. The molecule has 18 nitrogen and oxygen atoms in total. The number of pyridine rings is 1. The molecule has 6 N–H and O–H groups in total. The first-order valence-electron chi connectivity index (χ1n) is 21.1. The van der Waals surface area contributed by atoms with Crippen molar-refractivity contribution in [1.29, 1.82) is 0 Å². The van der Waals surface area contributed by atoms with Crippen molar-refractivity contribution in [2.24, 2.45) is 0 Å². The van der Waals surface area contributed by atoms with Gasteiger partial charge in [-0.1, -0.05) is 6.92 Å². The molecule has 0 spiro atoms. The molecular weight excluding hydrogens is 872 g/mol. The number of halogens is 3. The van der Waals surface area contributed by atoms with E-state index in [0.29, 0.717) is 80.6 Å². The Morgan fingerprint density at radius 1 is 0.908 bits per heavy atom. The van der Waals surface area contributed by atoms with Gasteiger partial charge in [-0.15, -0.1) is 0 Å². The minimum absolute atomic E-state index is 0.0786. The second-order valence-corrected chi connectivity index (χ2v) is 17.8. The number of carbonyl (C=O) groups excluding carboxylic acids is 4. The Bertz CT molecular complexity index is 2760. The highest BCUT2D eigenvalue weighted by atomic mass is 32.2. The fraction of sp³-hybridized carbons (Fsp3) is 0.372. The summed E-state index contributed by atoms with van der Waals surface area (Å²) in [4.78, 5) is 72.3. The molecule has 1 atom stereocenters. The van der Waals surface area contributed by atoms with E-state index in [1.165, 1.54) is 18.5 Å². The summed E-state index contributed by atoms with van der Waals surface area (Å²) in [5.41, 5.74) is -0.843. The Kier molecular flexibility index (Phi) is 12.8. The number of piperazine rings is 1. The van der Waals surface area contributed by atoms with Crippen molar-refractivity contribution in [2.45, 2.75) is 57.1 Å². The number of aromatic nitrogens is 4. The Hall–Kier alpha value is -6.65. The third-order valence-electron chi connectivity index (χ3n) is 11.8. The third-order valence-corrected chi connectivity index (χ3v) is 12.9. The van der Waals surface area contributed by atoms with E-state index in [2.05, 4.69) is 35.3 Å². The predicted molar refractivity (Wildman–Crippen MR) is 234 cm³/mol. The minimum Gasteiger partial charge on any atom is -0.389 e. The maximum absolute atomic E-state index is 15.6. The summed E-state index contributed by atoms with van der Waals surface area (Å²) < 4.78 is 74.7. The van der Waals surface area contributed by atoms with E-state index in [9.17, 15) is 32.7 Å². The lowest BCUT2D eigenvalue weighted by Gasteiger charge is -2.41. The number of piperidine rings is 2. The summed E-state index contributed by atoms with van der Waals surface area (Å²) >= 11 is 0. The zero-order valence-corrected chi connectivity index (χ0v) is 36.0. The number of anilines is 4. The van der Waals surface area contributed by atoms with Crippen molar-refractivity contribution in [1.82, 2.24) is 34.9 Å². The van der Waals surface area contributed by atoms with E-state index in [4.69, 9.17) is 0 Å². The van der Waals surface area contributed by atoms with Gasteiger partial charge in [-0.05, 0) is 62.1 Å². The van der Waals surface area contributed by atoms with Crippen LogP contribution in [0.25, 0.3) is 22.2 Å². The summed E-state index contributed by atoms with van der Waals surface area (Å²) in [5, 5.41) is 16.9. The van der Waals surface area contributed by atoms with Crippen molar-refractivity contribution in [3.8, 4) is 11.1 Å². The van der Waals surface area contributed by atoms with Crippen molar-refractivity contribution in [3.05, 3.63) is 89.8 Å². The van der Waals surface area contributed by atoms with Gasteiger partial charge in [-0.3, -0.25) is 29.2 Å². The molecule has 3 amide bonds. The average Bonchev–Trinajstić information content (AvgIpc) is 3.72. The van der Waals surface area contributed by atoms with Gasteiger partial charge in [0.25, 0.3) is 10.2 Å². The zero-order valence-electron chi connectivity index (χ0n) is 35.2. The summed E-state index contributed by atoms with van der Waals surface area (Å²) in [7, 11) is -4.19. The molecule has 3 aliphatic rings. The fourth-order valence-electron chi connectivity index (χ4n) is 8.15. The number of benzene rings is 2. The number of rotatable bonds is 14. The van der Waals surface area contributed by atoms with Crippen molar-refractivity contribution in [3.63, 3.8) is 0 Å². The molecule has 3 saturated heterocycles. The van der Waals surface area contributed by atoms with Gasteiger partial charge in [0.1, 0.15) is 23.3 Å². The second-order valence-electron chi connectivity index (χ2n) is 16.3.